The molecular formula is C33H38N2O10. The molecule has 8 atom stereocenters. The van der Waals surface area contributed by atoms with Gasteiger partial charge in [0.2, 0.25) is 5.79 Å². The molecule has 45 heavy (non-hydrogen) atoms. The minimum atomic E-state index is -2.36. The minimum Gasteiger partial charge on any atom is -0.460 e. The van der Waals surface area contributed by atoms with Gasteiger partial charge in [0.25, 0.3) is 11.6 Å². The van der Waals surface area contributed by atoms with E-state index in [4.69, 9.17) is 9.47 Å². The smallest absolute Gasteiger partial charge is 0.309 e. The van der Waals surface area contributed by atoms with E-state index in [2.05, 4.69) is 6.58 Å². The van der Waals surface area contributed by atoms with Gasteiger partial charge in [-0.2, -0.15) is 0 Å². The average molecular weight is 623 g/mol. The number of aliphatic hydroxyl groups is 2. The zero-order chi connectivity index (χ0) is 32.3. The fourth-order valence-corrected chi connectivity index (χ4v) is 10.2. The van der Waals surface area contributed by atoms with E-state index in [1.807, 2.05) is 13.8 Å². The molecule has 4 bridgehead atoms. The molecule has 8 rings (SSSR count). The summed E-state index contributed by atoms with van der Waals surface area (Å²) in [5.41, 5.74) is -3.16. The van der Waals surface area contributed by atoms with E-state index in [-0.39, 0.29) is 49.1 Å². The third-order valence-electron chi connectivity index (χ3n) is 12.3. The molecule has 3 aliphatic heterocycles. The SMILES string of the molecule is C=C1C(=O)[C@]23[C@H](OC(=O)C4CCN(C(=O)c5ccc([N+](=O)[O-])cc5)CC4)[C@H]1CC[C@H]2[C@@]12CO[C@@]3(O)[C@@H](O)[C@@H]1C(C)(C)CCC2=O. The Kier molecular flexibility index (Phi) is 6.55. The van der Waals surface area contributed by atoms with Crippen molar-refractivity contribution in [3.63, 3.8) is 0 Å². The van der Waals surface area contributed by atoms with Crippen LogP contribution in [0, 0.1) is 50.0 Å². The van der Waals surface area contributed by atoms with Crippen LogP contribution in [0.2, 0.25) is 0 Å². The third-order valence-corrected chi connectivity index (χ3v) is 12.3. The summed E-state index contributed by atoms with van der Waals surface area (Å²) in [6.07, 6.45) is -0.424. The molecule has 0 aromatic heterocycles. The number of nitrogens with zero attached hydrogens (tertiary/aromatic N) is 2. The molecule has 4 saturated carbocycles. The van der Waals surface area contributed by atoms with Crippen molar-refractivity contribution in [3.8, 4) is 0 Å². The number of rotatable bonds is 4. The molecule has 1 aromatic carbocycles. The molecule has 7 fully saturated rings. The maximum absolute atomic E-state index is 14.3. The van der Waals surface area contributed by atoms with Gasteiger partial charge < -0.3 is 24.6 Å². The number of ether oxygens (including phenoxy) is 2. The normalized spacial score (nSPS) is 40.1. The number of likely N-dealkylation sites (tertiary alicyclic amines) is 1. The quantitative estimate of drug-likeness (QED) is 0.220. The molecule has 0 radical (unpaired) electrons. The van der Waals surface area contributed by atoms with E-state index >= 15 is 0 Å². The van der Waals surface area contributed by atoms with Crippen LogP contribution in [0.1, 0.15) is 62.7 Å². The molecule has 7 aliphatic rings. The third kappa shape index (κ3) is 3.70. The Morgan fingerprint density at radius 2 is 1.78 bits per heavy atom. The van der Waals surface area contributed by atoms with Crippen LogP contribution in [0.25, 0.3) is 0 Å². The van der Waals surface area contributed by atoms with Crippen molar-refractivity contribution in [1.82, 2.24) is 4.90 Å². The van der Waals surface area contributed by atoms with Crippen LogP contribution >= 0.6 is 0 Å². The summed E-state index contributed by atoms with van der Waals surface area (Å²) in [5, 5.41) is 35.1. The summed E-state index contributed by atoms with van der Waals surface area (Å²) in [5.74, 6) is -6.32. The fourth-order valence-electron chi connectivity index (χ4n) is 10.2. The van der Waals surface area contributed by atoms with Crippen molar-refractivity contribution in [3.05, 3.63) is 52.1 Å². The molecule has 1 amide bonds. The molecular weight excluding hydrogens is 584 g/mol. The van der Waals surface area contributed by atoms with Crippen molar-refractivity contribution in [2.75, 3.05) is 19.7 Å². The maximum atomic E-state index is 14.3. The number of hydrogen-bond acceptors (Lipinski definition) is 10. The Morgan fingerprint density at radius 3 is 2.42 bits per heavy atom. The van der Waals surface area contributed by atoms with E-state index in [0.29, 0.717) is 37.7 Å². The first-order valence-corrected chi connectivity index (χ1v) is 15.8. The molecule has 1 aromatic rings. The Hall–Kier alpha value is -3.48. The number of carbonyl (C=O) groups is 4. The summed E-state index contributed by atoms with van der Waals surface area (Å²) in [7, 11) is 0. The number of piperidine rings is 1. The molecule has 3 saturated heterocycles. The number of ketones is 2. The first kappa shape index (κ1) is 30.2. The number of esters is 1. The number of amides is 1. The Balaban J connectivity index is 1.15. The van der Waals surface area contributed by atoms with Gasteiger partial charge in [0.05, 0.1) is 22.9 Å². The van der Waals surface area contributed by atoms with E-state index in [0.717, 1.165) is 0 Å². The predicted molar refractivity (Wildman–Crippen MR) is 155 cm³/mol. The molecule has 2 spiro atoms. The van der Waals surface area contributed by atoms with Gasteiger partial charge in [0.15, 0.2) is 5.78 Å². The van der Waals surface area contributed by atoms with Gasteiger partial charge in [0.1, 0.15) is 23.4 Å². The maximum Gasteiger partial charge on any atom is 0.309 e. The lowest BCUT2D eigenvalue weighted by Crippen LogP contribution is -2.85. The number of nitro benzene ring substituents is 1. The Labute approximate surface area is 259 Å². The van der Waals surface area contributed by atoms with Gasteiger partial charge in [-0.05, 0) is 61.1 Å². The number of fused-ring (bicyclic) bond motifs is 2. The lowest BCUT2D eigenvalue weighted by atomic mass is 9.36. The van der Waals surface area contributed by atoms with Gasteiger partial charge in [0, 0.05) is 49.0 Å². The highest BCUT2D eigenvalue weighted by molar-refractivity contribution is 6.06. The zero-order valence-electron chi connectivity index (χ0n) is 25.4. The van der Waals surface area contributed by atoms with Crippen molar-refractivity contribution in [1.29, 1.82) is 0 Å². The molecule has 3 heterocycles. The van der Waals surface area contributed by atoms with Gasteiger partial charge in [-0.1, -0.05) is 20.4 Å². The van der Waals surface area contributed by atoms with Gasteiger partial charge in [-0.25, -0.2) is 0 Å². The van der Waals surface area contributed by atoms with Crippen LogP contribution < -0.4 is 0 Å². The summed E-state index contributed by atoms with van der Waals surface area (Å²) in [4.78, 5) is 67.0. The van der Waals surface area contributed by atoms with E-state index in [1.54, 1.807) is 4.90 Å². The first-order valence-electron chi connectivity index (χ1n) is 15.8. The Morgan fingerprint density at radius 1 is 1.11 bits per heavy atom. The highest BCUT2D eigenvalue weighted by atomic mass is 16.7. The van der Waals surface area contributed by atoms with Crippen LogP contribution in [0.15, 0.2) is 36.4 Å². The molecule has 2 N–H and O–H groups in total. The highest BCUT2D eigenvalue weighted by Crippen LogP contribution is 2.76. The second-order valence-corrected chi connectivity index (χ2v) is 14.5. The summed E-state index contributed by atoms with van der Waals surface area (Å²) in [6, 6.07) is 5.35. The monoisotopic (exact) mass is 622 g/mol. The molecule has 12 nitrogen and oxygen atoms in total. The van der Waals surface area contributed by atoms with Gasteiger partial charge >= 0.3 is 5.97 Å². The Bertz CT molecular complexity index is 1530. The lowest BCUT2D eigenvalue weighted by molar-refractivity contribution is -0.437. The van der Waals surface area contributed by atoms with E-state index in [9.17, 15) is 39.5 Å². The van der Waals surface area contributed by atoms with Crippen LogP contribution in [0.4, 0.5) is 5.69 Å². The van der Waals surface area contributed by atoms with Gasteiger partial charge in [-0.3, -0.25) is 29.3 Å². The number of hydrogen-bond donors (Lipinski definition) is 2. The van der Waals surface area contributed by atoms with Crippen molar-refractivity contribution >= 4 is 29.1 Å². The fraction of sp³-hybridized carbons (Fsp3) is 0.636. The van der Waals surface area contributed by atoms with Crippen molar-refractivity contribution in [2.24, 2.45) is 39.9 Å². The van der Waals surface area contributed by atoms with Gasteiger partial charge in [-0.15, -0.1) is 0 Å². The first-order chi connectivity index (χ1) is 21.2. The molecule has 12 heteroatoms. The summed E-state index contributed by atoms with van der Waals surface area (Å²) in [6.45, 7) is 8.39. The van der Waals surface area contributed by atoms with Crippen LogP contribution in [-0.4, -0.2) is 81.2 Å². The van der Waals surface area contributed by atoms with E-state index < -0.39 is 74.6 Å². The van der Waals surface area contributed by atoms with E-state index in [1.165, 1.54) is 24.3 Å². The lowest BCUT2D eigenvalue weighted by Gasteiger charge is -2.73. The number of benzene rings is 1. The standard InChI is InChI=1S/C33H38N2O10/c1-17-21-8-9-22-31-16-44-33(41,26(38)24(31)30(2,3)13-10-23(31)36)32(22,25(17)37)27(21)45-29(40)19-11-14-34(15-12-19)28(39)18-4-6-20(7-5-18)35(42)43/h4-7,19,21-22,24,26-27,38,41H,1,8-16H2,2-3H3/t21-,22-,24+,26-,27+,31+,32-,33-/m0/s1. The predicted octanol–water partition coefficient (Wildman–Crippen LogP) is 2.60. The van der Waals surface area contributed by atoms with Crippen molar-refractivity contribution < 1.29 is 43.8 Å². The second-order valence-electron chi connectivity index (χ2n) is 14.5. The minimum absolute atomic E-state index is 0.0871. The van der Waals surface area contributed by atoms with Crippen LogP contribution in [0.3, 0.4) is 0 Å². The second kappa shape index (κ2) is 9.76. The zero-order valence-corrected chi connectivity index (χ0v) is 25.4. The number of carbonyl (C=O) groups excluding carboxylic acids is 4. The number of non-ortho nitro benzene ring substituents is 1. The van der Waals surface area contributed by atoms with Crippen LogP contribution in [-0.2, 0) is 23.9 Å². The van der Waals surface area contributed by atoms with Crippen molar-refractivity contribution in [2.45, 2.75) is 70.4 Å². The van der Waals surface area contributed by atoms with Crippen LogP contribution in [0.5, 0.6) is 0 Å². The summed E-state index contributed by atoms with van der Waals surface area (Å²) < 4.78 is 12.2. The molecule has 4 aliphatic carbocycles. The highest BCUT2D eigenvalue weighted by Gasteiger charge is 2.88. The number of Topliss-reactive ketones (excluding diaryl/α,β-unsaturated/α-hetero) is 2. The molecule has 0 unspecified atom stereocenters. The topological polar surface area (TPSA) is 174 Å². The molecule has 240 valence electrons. The number of nitro groups is 1. The average Bonchev–Trinajstić information content (AvgIpc) is 3.13. The summed E-state index contributed by atoms with van der Waals surface area (Å²) >= 11 is 0. The largest absolute Gasteiger partial charge is 0.460 e. The number of aliphatic hydroxyl groups excluding tert-OH is 1.